The molecule has 0 spiro atoms. The number of nitrogens with one attached hydrogen (secondary N) is 1. The van der Waals surface area contributed by atoms with E-state index in [2.05, 4.69) is 5.32 Å². The first-order valence-electron chi connectivity index (χ1n) is 8.95. The number of ether oxygens (including phenoxy) is 3. The highest BCUT2D eigenvalue weighted by molar-refractivity contribution is 6.01. The summed E-state index contributed by atoms with van der Waals surface area (Å²) in [5.74, 6) is 0.990. The van der Waals surface area contributed by atoms with Gasteiger partial charge in [-0.3, -0.25) is 4.79 Å². The van der Waals surface area contributed by atoms with Gasteiger partial charge in [-0.15, -0.1) is 0 Å². The normalized spacial score (nSPS) is 10.7. The van der Waals surface area contributed by atoms with E-state index in [4.69, 9.17) is 14.2 Å². The van der Waals surface area contributed by atoms with Crippen LogP contribution in [0, 0.1) is 11.3 Å². The minimum atomic E-state index is -0.426. The molecule has 146 valence electrons. The minimum absolute atomic E-state index is 0.00123. The third-order valence-electron chi connectivity index (χ3n) is 3.99. The first-order valence-corrected chi connectivity index (χ1v) is 8.95. The molecule has 0 fully saturated rings. The van der Waals surface area contributed by atoms with Crippen LogP contribution in [0.4, 0.5) is 0 Å². The molecule has 2 aromatic rings. The second-order valence-corrected chi connectivity index (χ2v) is 5.85. The maximum absolute atomic E-state index is 12.4. The molecule has 0 unspecified atom stereocenters. The maximum Gasteiger partial charge on any atom is 0.261 e. The van der Waals surface area contributed by atoms with E-state index in [0.29, 0.717) is 42.4 Å². The van der Waals surface area contributed by atoms with Crippen molar-refractivity contribution in [2.24, 2.45) is 0 Å². The van der Waals surface area contributed by atoms with Crippen LogP contribution in [0.25, 0.3) is 6.08 Å². The van der Waals surface area contributed by atoms with E-state index in [1.807, 2.05) is 43.3 Å². The van der Waals surface area contributed by atoms with Gasteiger partial charge in [0.05, 0.1) is 20.8 Å². The SMILES string of the molecule is CCOc1c(OC)cc(C=C(C#N)C(=O)NCCc2ccccc2)cc1OC. The fourth-order valence-corrected chi connectivity index (χ4v) is 2.65. The Labute approximate surface area is 165 Å². The fourth-order valence-electron chi connectivity index (χ4n) is 2.65. The Hall–Kier alpha value is -3.46. The molecule has 0 aliphatic carbocycles. The molecule has 1 N–H and O–H groups in total. The van der Waals surface area contributed by atoms with Crippen LogP contribution in [0.2, 0.25) is 0 Å². The summed E-state index contributed by atoms with van der Waals surface area (Å²) in [6, 6.07) is 15.2. The number of hydrogen-bond donors (Lipinski definition) is 1. The fraction of sp³-hybridized carbons (Fsp3) is 0.273. The number of benzene rings is 2. The summed E-state index contributed by atoms with van der Waals surface area (Å²) in [6.45, 7) is 2.76. The first-order chi connectivity index (χ1) is 13.6. The zero-order valence-electron chi connectivity index (χ0n) is 16.3. The molecule has 0 bridgehead atoms. The Kier molecular flexibility index (Phi) is 7.92. The van der Waals surface area contributed by atoms with Crippen LogP contribution < -0.4 is 19.5 Å². The van der Waals surface area contributed by atoms with Crippen LogP contribution in [-0.4, -0.2) is 33.3 Å². The molecule has 0 saturated carbocycles. The summed E-state index contributed by atoms with van der Waals surface area (Å²) < 4.78 is 16.3. The molecule has 1 amide bonds. The lowest BCUT2D eigenvalue weighted by molar-refractivity contribution is -0.117. The molecule has 2 aromatic carbocycles. The molecule has 0 saturated heterocycles. The lowest BCUT2D eigenvalue weighted by Gasteiger charge is -2.14. The van der Waals surface area contributed by atoms with E-state index in [0.717, 1.165) is 5.56 Å². The largest absolute Gasteiger partial charge is 0.493 e. The standard InChI is InChI=1S/C22H24N2O4/c1-4-28-21-19(26-2)13-17(14-20(21)27-3)12-18(15-23)22(25)24-11-10-16-8-6-5-7-9-16/h5-9,12-14H,4,10-11H2,1-3H3,(H,24,25). The van der Waals surface area contributed by atoms with Gasteiger partial charge in [0.1, 0.15) is 11.6 Å². The zero-order chi connectivity index (χ0) is 20.4. The summed E-state index contributed by atoms with van der Waals surface area (Å²) >= 11 is 0. The van der Waals surface area contributed by atoms with E-state index in [1.54, 1.807) is 12.1 Å². The van der Waals surface area contributed by atoms with E-state index in [1.165, 1.54) is 20.3 Å². The summed E-state index contributed by atoms with van der Waals surface area (Å²) in [4.78, 5) is 12.4. The van der Waals surface area contributed by atoms with Crippen LogP contribution in [-0.2, 0) is 11.2 Å². The average molecular weight is 380 g/mol. The predicted octanol–water partition coefficient (Wildman–Crippen LogP) is 3.37. The van der Waals surface area contributed by atoms with Crippen molar-refractivity contribution in [3.8, 4) is 23.3 Å². The van der Waals surface area contributed by atoms with E-state index < -0.39 is 5.91 Å². The van der Waals surface area contributed by atoms with Crippen molar-refractivity contribution in [1.82, 2.24) is 5.32 Å². The quantitative estimate of drug-likeness (QED) is 0.533. The molecule has 0 aliphatic heterocycles. The Balaban J connectivity index is 2.16. The molecule has 0 atom stereocenters. The van der Waals surface area contributed by atoms with E-state index in [9.17, 15) is 10.1 Å². The number of hydrogen-bond acceptors (Lipinski definition) is 5. The van der Waals surface area contributed by atoms with Gasteiger partial charge >= 0.3 is 0 Å². The Morgan fingerprint density at radius 3 is 2.32 bits per heavy atom. The smallest absolute Gasteiger partial charge is 0.261 e. The molecule has 2 rings (SSSR count). The van der Waals surface area contributed by atoms with Crippen LogP contribution in [0.3, 0.4) is 0 Å². The van der Waals surface area contributed by atoms with Crippen molar-refractivity contribution in [3.63, 3.8) is 0 Å². The van der Waals surface area contributed by atoms with Crippen molar-refractivity contribution in [1.29, 1.82) is 5.26 Å². The third kappa shape index (κ3) is 5.52. The second-order valence-electron chi connectivity index (χ2n) is 5.85. The highest BCUT2D eigenvalue weighted by atomic mass is 16.5. The lowest BCUT2D eigenvalue weighted by Crippen LogP contribution is -2.26. The van der Waals surface area contributed by atoms with E-state index in [-0.39, 0.29) is 5.57 Å². The third-order valence-corrected chi connectivity index (χ3v) is 3.99. The van der Waals surface area contributed by atoms with Crippen molar-refractivity contribution in [2.75, 3.05) is 27.4 Å². The molecule has 6 heteroatoms. The number of methoxy groups -OCH3 is 2. The topological polar surface area (TPSA) is 80.6 Å². The van der Waals surface area contributed by atoms with Gasteiger partial charge in [0.25, 0.3) is 5.91 Å². The van der Waals surface area contributed by atoms with Gasteiger partial charge in [-0.05, 0) is 42.7 Å². The summed E-state index contributed by atoms with van der Waals surface area (Å²) in [5.41, 5.74) is 1.72. The molecule has 28 heavy (non-hydrogen) atoms. The lowest BCUT2D eigenvalue weighted by atomic mass is 10.1. The Morgan fingerprint density at radius 1 is 1.14 bits per heavy atom. The number of carbonyl (C=O) groups excluding carboxylic acids is 1. The number of nitrogens with zero attached hydrogens (tertiary/aromatic N) is 1. The zero-order valence-corrected chi connectivity index (χ0v) is 16.3. The van der Waals surface area contributed by atoms with Gasteiger partial charge in [0, 0.05) is 6.54 Å². The van der Waals surface area contributed by atoms with Crippen LogP contribution in [0.1, 0.15) is 18.1 Å². The maximum atomic E-state index is 12.4. The molecule has 0 aromatic heterocycles. The molecule has 0 radical (unpaired) electrons. The molecule has 0 heterocycles. The highest BCUT2D eigenvalue weighted by Gasteiger charge is 2.15. The summed E-state index contributed by atoms with van der Waals surface area (Å²) in [7, 11) is 3.04. The van der Waals surface area contributed by atoms with Gasteiger partial charge in [0.15, 0.2) is 11.5 Å². The van der Waals surface area contributed by atoms with Gasteiger partial charge in [0.2, 0.25) is 5.75 Å². The van der Waals surface area contributed by atoms with Gasteiger partial charge in [-0.2, -0.15) is 5.26 Å². The number of nitriles is 1. The monoisotopic (exact) mass is 380 g/mol. The highest BCUT2D eigenvalue weighted by Crippen LogP contribution is 2.39. The van der Waals surface area contributed by atoms with Crippen molar-refractivity contribution in [2.45, 2.75) is 13.3 Å². The van der Waals surface area contributed by atoms with Crippen LogP contribution in [0.5, 0.6) is 17.2 Å². The van der Waals surface area contributed by atoms with E-state index >= 15 is 0 Å². The van der Waals surface area contributed by atoms with Gasteiger partial charge in [-0.1, -0.05) is 30.3 Å². The number of amides is 1. The summed E-state index contributed by atoms with van der Waals surface area (Å²) in [5, 5.41) is 12.2. The molecule has 0 aliphatic rings. The Morgan fingerprint density at radius 2 is 1.79 bits per heavy atom. The molecular formula is C22H24N2O4. The predicted molar refractivity (Wildman–Crippen MR) is 107 cm³/mol. The number of rotatable bonds is 9. The minimum Gasteiger partial charge on any atom is -0.493 e. The van der Waals surface area contributed by atoms with Crippen molar-refractivity contribution >= 4 is 12.0 Å². The van der Waals surface area contributed by atoms with Crippen molar-refractivity contribution < 1.29 is 19.0 Å². The molecule has 6 nitrogen and oxygen atoms in total. The van der Waals surface area contributed by atoms with Crippen molar-refractivity contribution in [3.05, 3.63) is 59.2 Å². The average Bonchev–Trinajstić information content (AvgIpc) is 2.73. The Bertz CT molecular complexity index is 845. The number of carbonyl (C=O) groups is 1. The van der Waals surface area contributed by atoms with Gasteiger partial charge in [-0.25, -0.2) is 0 Å². The molecular weight excluding hydrogens is 356 g/mol. The van der Waals surface area contributed by atoms with Crippen LogP contribution >= 0.6 is 0 Å². The second kappa shape index (κ2) is 10.6. The van der Waals surface area contributed by atoms with Crippen LogP contribution in [0.15, 0.2) is 48.0 Å². The van der Waals surface area contributed by atoms with Gasteiger partial charge < -0.3 is 19.5 Å². The summed E-state index contributed by atoms with van der Waals surface area (Å²) in [6.07, 6.45) is 2.19. The first kappa shape index (κ1) is 20.8.